The maximum atomic E-state index is 13.6. The van der Waals surface area contributed by atoms with Crippen LogP contribution in [0.4, 0.5) is 14.5 Å². The Hall–Kier alpha value is -3.70. The van der Waals surface area contributed by atoms with Gasteiger partial charge < -0.3 is 14.8 Å². The van der Waals surface area contributed by atoms with Crippen molar-refractivity contribution in [1.29, 1.82) is 5.26 Å². The number of benzene rings is 3. The normalized spacial score (nSPS) is 10.9. The second-order valence-electron chi connectivity index (χ2n) is 6.79. The largest absolute Gasteiger partial charge is 0.490 e. The Labute approximate surface area is 198 Å². The topological polar surface area (TPSA) is 71.3 Å². The zero-order valence-electron chi connectivity index (χ0n) is 17.6. The fourth-order valence-corrected chi connectivity index (χ4v) is 3.52. The van der Waals surface area contributed by atoms with E-state index in [1.165, 1.54) is 42.5 Å². The maximum Gasteiger partial charge on any atom is 0.262 e. The number of rotatable bonds is 8. The highest BCUT2D eigenvalue weighted by Gasteiger charge is 2.15. The molecule has 0 saturated heterocycles. The van der Waals surface area contributed by atoms with E-state index in [1.807, 2.05) is 0 Å². The third-order valence-electron chi connectivity index (χ3n) is 4.37. The van der Waals surface area contributed by atoms with Gasteiger partial charge in [0, 0.05) is 5.69 Å². The zero-order chi connectivity index (χ0) is 23.8. The number of nitrogens with zero attached hydrogens (tertiary/aromatic N) is 1. The lowest BCUT2D eigenvalue weighted by Gasteiger charge is -2.15. The van der Waals surface area contributed by atoms with E-state index in [9.17, 15) is 18.8 Å². The van der Waals surface area contributed by atoms with Gasteiger partial charge in [-0.05, 0) is 88.6 Å². The maximum absolute atomic E-state index is 13.6. The first-order valence-electron chi connectivity index (χ1n) is 9.92. The zero-order valence-corrected chi connectivity index (χ0v) is 19.2. The molecule has 5 nitrogen and oxygen atoms in total. The molecule has 0 heterocycles. The SMILES string of the molecule is CCOc1cc(/C=C(/C#N)c2cccc(F)c2)cc(Br)c1OCC(=O)Nc1ccc(F)cc1. The van der Waals surface area contributed by atoms with Crippen molar-refractivity contribution >= 4 is 39.2 Å². The molecule has 1 N–H and O–H groups in total. The fraction of sp³-hybridized carbons (Fsp3) is 0.120. The Bertz CT molecular complexity index is 1220. The molecule has 3 aromatic carbocycles. The number of nitrogens with one attached hydrogen (secondary N) is 1. The van der Waals surface area contributed by atoms with Crippen LogP contribution in [-0.2, 0) is 4.79 Å². The molecule has 3 rings (SSSR count). The Morgan fingerprint density at radius 3 is 2.52 bits per heavy atom. The van der Waals surface area contributed by atoms with Crippen LogP contribution < -0.4 is 14.8 Å². The molecule has 3 aromatic rings. The highest BCUT2D eigenvalue weighted by molar-refractivity contribution is 9.10. The summed E-state index contributed by atoms with van der Waals surface area (Å²) in [5.41, 5.74) is 1.78. The summed E-state index contributed by atoms with van der Waals surface area (Å²) in [5, 5.41) is 12.2. The van der Waals surface area contributed by atoms with E-state index in [-0.39, 0.29) is 12.2 Å². The Balaban J connectivity index is 1.81. The first kappa shape index (κ1) is 24.0. The molecule has 0 aromatic heterocycles. The number of hydrogen-bond acceptors (Lipinski definition) is 4. The molecule has 0 aliphatic rings. The van der Waals surface area contributed by atoms with E-state index in [2.05, 4.69) is 27.3 Å². The van der Waals surface area contributed by atoms with Gasteiger partial charge in [-0.2, -0.15) is 5.26 Å². The van der Waals surface area contributed by atoms with E-state index in [0.29, 0.717) is 39.4 Å². The summed E-state index contributed by atoms with van der Waals surface area (Å²) in [6.07, 6.45) is 1.60. The van der Waals surface area contributed by atoms with Crippen LogP contribution >= 0.6 is 15.9 Å². The molecule has 0 unspecified atom stereocenters. The fourth-order valence-electron chi connectivity index (χ4n) is 2.95. The number of amides is 1. The third-order valence-corrected chi connectivity index (χ3v) is 4.96. The van der Waals surface area contributed by atoms with Crippen molar-refractivity contribution in [3.05, 3.63) is 87.9 Å². The first-order chi connectivity index (χ1) is 15.9. The number of halogens is 3. The van der Waals surface area contributed by atoms with Gasteiger partial charge in [0.25, 0.3) is 5.91 Å². The average Bonchev–Trinajstić information content (AvgIpc) is 2.78. The predicted octanol–water partition coefficient (Wildman–Crippen LogP) is 6.21. The minimum atomic E-state index is -0.438. The van der Waals surface area contributed by atoms with Gasteiger partial charge in [0.2, 0.25) is 0 Å². The van der Waals surface area contributed by atoms with Crippen LogP contribution in [0, 0.1) is 23.0 Å². The molecule has 0 atom stereocenters. The van der Waals surface area contributed by atoms with Crippen molar-refractivity contribution in [2.45, 2.75) is 6.92 Å². The summed E-state index contributed by atoms with van der Waals surface area (Å²) < 4.78 is 38.4. The van der Waals surface area contributed by atoms with Crippen LogP contribution in [0.2, 0.25) is 0 Å². The van der Waals surface area contributed by atoms with Crippen LogP contribution in [-0.4, -0.2) is 19.1 Å². The summed E-state index contributed by atoms with van der Waals surface area (Å²) >= 11 is 3.42. The standard InChI is InChI=1S/C25H19BrF2N2O3/c1-2-32-23-12-16(10-18(14-29)17-4-3-5-20(28)13-17)11-22(26)25(23)33-15-24(31)30-21-8-6-19(27)7-9-21/h3-13H,2,15H2,1H3,(H,30,31)/b18-10-. The number of anilines is 1. The number of carbonyl (C=O) groups is 1. The molecule has 168 valence electrons. The molecule has 0 fully saturated rings. The minimum absolute atomic E-state index is 0.274. The van der Waals surface area contributed by atoms with Crippen molar-refractivity contribution in [3.8, 4) is 17.6 Å². The molecule has 0 radical (unpaired) electrons. The van der Waals surface area contributed by atoms with E-state index < -0.39 is 17.5 Å². The number of carbonyl (C=O) groups excluding carboxylic acids is 1. The number of hydrogen-bond donors (Lipinski definition) is 1. The van der Waals surface area contributed by atoms with E-state index in [1.54, 1.807) is 31.2 Å². The lowest BCUT2D eigenvalue weighted by Crippen LogP contribution is -2.20. The van der Waals surface area contributed by atoms with Gasteiger partial charge in [0.1, 0.15) is 11.6 Å². The lowest BCUT2D eigenvalue weighted by atomic mass is 10.0. The molecule has 0 aliphatic carbocycles. The van der Waals surface area contributed by atoms with E-state index >= 15 is 0 Å². The van der Waals surface area contributed by atoms with Crippen LogP contribution in [0.5, 0.6) is 11.5 Å². The van der Waals surface area contributed by atoms with Crippen molar-refractivity contribution in [2.24, 2.45) is 0 Å². The minimum Gasteiger partial charge on any atom is -0.490 e. The third kappa shape index (κ3) is 6.64. The van der Waals surface area contributed by atoms with Crippen molar-refractivity contribution < 1.29 is 23.0 Å². The van der Waals surface area contributed by atoms with Gasteiger partial charge in [-0.1, -0.05) is 12.1 Å². The molecule has 8 heteroatoms. The van der Waals surface area contributed by atoms with Gasteiger partial charge in [-0.25, -0.2) is 8.78 Å². The smallest absolute Gasteiger partial charge is 0.262 e. The van der Waals surface area contributed by atoms with Gasteiger partial charge in [-0.3, -0.25) is 4.79 Å². The molecule has 0 aliphatic heterocycles. The molecule has 0 bridgehead atoms. The summed E-state index contributed by atoms with van der Waals surface area (Å²) in [6.45, 7) is 1.83. The monoisotopic (exact) mass is 512 g/mol. The van der Waals surface area contributed by atoms with Crippen LogP contribution in [0.15, 0.2) is 65.1 Å². The summed E-state index contributed by atoms with van der Waals surface area (Å²) in [7, 11) is 0. The predicted molar refractivity (Wildman–Crippen MR) is 126 cm³/mol. The highest BCUT2D eigenvalue weighted by atomic mass is 79.9. The van der Waals surface area contributed by atoms with Crippen LogP contribution in [0.25, 0.3) is 11.6 Å². The Kier molecular flexibility index (Phi) is 8.17. The van der Waals surface area contributed by atoms with E-state index in [0.717, 1.165) is 0 Å². The highest BCUT2D eigenvalue weighted by Crippen LogP contribution is 2.38. The second-order valence-corrected chi connectivity index (χ2v) is 7.64. The average molecular weight is 513 g/mol. The summed E-state index contributed by atoms with van der Waals surface area (Å²) in [4.78, 5) is 12.2. The molecular weight excluding hydrogens is 494 g/mol. The van der Waals surface area contributed by atoms with Crippen molar-refractivity contribution in [2.75, 3.05) is 18.5 Å². The molecule has 0 saturated carbocycles. The summed E-state index contributed by atoms with van der Waals surface area (Å²) in [5.74, 6) is -0.595. The Morgan fingerprint density at radius 2 is 1.85 bits per heavy atom. The Morgan fingerprint density at radius 1 is 1.09 bits per heavy atom. The van der Waals surface area contributed by atoms with Gasteiger partial charge in [-0.15, -0.1) is 0 Å². The van der Waals surface area contributed by atoms with Gasteiger partial charge in [0.15, 0.2) is 18.1 Å². The second kappa shape index (κ2) is 11.2. The number of allylic oxidation sites excluding steroid dienone is 1. The lowest BCUT2D eigenvalue weighted by molar-refractivity contribution is -0.118. The molecule has 1 amide bonds. The van der Waals surface area contributed by atoms with Crippen LogP contribution in [0.3, 0.4) is 0 Å². The quantitative estimate of drug-likeness (QED) is 0.287. The molecule has 0 spiro atoms. The number of nitriles is 1. The van der Waals surface area contributed by atoms with Gasteiger partial charge in [0.05, 0.1) is 22.7 Å². The molecule has 33 heavy (non-hydrogen) atoms. The number of ether oxygens (including phenoxy) is 2. The van der Waals surface area contributed by atoms with Crippen molar-refractivity contribution in [3.63, 3.8) is 0 Å². The first-order valence-corrected chi connectivity index (χ1v) is 10.7. The van der Waals surface area contributed by atoms with Gasteiger partial charge >= 0.3 is 0 Å². The van der Waals surface area contributed by atoms with E-state index in [4.69, 9.17) is 9.47 Å². The van der Waals surface area contributed by atoms with Crippen LogP contribution in [0.1, 0.15) is 18.1 Å². The van der Waals surface area contributed by atoms with Crippen molar-refractivity contribution in [1.82, 2.24) is 0 Å². The summed E-state index contributed by atoms with van der Waals surface area (Å²) in [6, 6.07) is 16.6. The molecular formula is C25H19BrF2N2O3.